The normalized spacial score (nSPS) is 30.9. The molecule has 0 radical (unpaired) electrons. The highest BCUT2D eigenvalue weighted by Gasteiger charge is 2.78. The molecule has 4 unspecified atom stereocenters. The standard InChI is InChI=1S/C49H55NO15/c1-27(31-18-12-8-13-19-31)39(63-36(53)24-50-45(58)60-25-30-16-10-7-11-17-30)44(57)62-33-23-49(59)42(64-43(56)32-20-14-9-15-21-32)40-47(6,41(55)38(54)37(28(33)2)46(49,4)5)34(52)22-35-48(40,26-61-35)65-29(3)51/h7-21,27,33-35,38-40,42,52,54,59H,22-26H2,1-6H3,(H,50,58)/t27?,33?,34-,35?,38-,39?,40+,42+,47-,48-,49-/m0/s1. The van der Waals surface area contributed by atoms with Crippen molar-refractivity contribution < 1.29 is 72.5 Å². The second-order valence-corrected chi connectivity index (χ2v) is 18.1. The van der Waals surface area contributed by atoms with Gasteiger partial charge in [0.1, 0.15) is 43.2 Å². The van der Waals surface area contributed by atoms with Crippen molar-refractivity contribution in [2.75, 3.05) is 13.2 Å². The molecular weight excluding hydrogens is 843 g/mol. The van der Waals surface area contributed by atoms with E-state index in [0.29, 0.717) is 11.1 Å². The number of hydrogen-bond acceptors (Lipinski definition) is 15. The van der Waals surface area contributed by atoms with Gasteiger partial charge >= 0.3 is 30.0 Å². The van der Waals surface area contributed by atoms with E-state index in [-0.39, 0.29) is 36.3 Å². The van der Waals surface area contributed by atoms with Crippen LogP contribution in [0.15, 0.2) is 102 Å². The Hall–Kier alpha value is -5.94. The second-order valence-electron chi connectivity index (χ2n) is 18.1. The van der Waals surface area contributed by atoms with Crippen molar-refractivity contribution in [2.45, 2.75) is 115 Å². The Morgan fingerprint density at radius 1 is 0.892 bits per heavy atom. The summed E-state index contributed by atoms with van der Waals surface area (Å²) in [5.41, 5.74) is -6.29. The van der Waals surface area contributed by atoms with Gasteiger partial charge in [-0.2, -0.15) is 0 Å². The van der Waals surface area contributed by atoms with Crippen molar-refractivity contribution in [3.8, 4) is 0 Å². The van der Waals surface area contributed by atoms with E-state index in [1.165, 1.54) is 26.0 Å². The van der Waals surface area contributed by atoms with Gasteiger partial charge in [0.05, 0.1) is 29.6 Å². The van der Waals surface area contributed by atoms with Crippen LogP contribution in [0.5, 0.6) is 0 Å². The summed E-state index contributed by atoms with van der Waals surface area (Å²) in [6.07, 6.45) is -11.1. The molecule has 11 atom stereocenters. The van der Waals surface area contributed by atoms with Crippen molar-refractivity contribution in [3.05, 3.63) is 119 Å². The third-order valence-corrected chi connectivity index (χ3v) is 14.0. The molecule has 7 rings (SSSR count). The number of esters is 4. The average Bonchev–Trinajstić information content (AvgIpc) is 3.28. The first-order chi connectivity index (χ1) is 30.8. The number of ether oxygens (including phenoxy) is 6. The molecule has 3 aliphatic carbocycles. The zero-order valence-corrected chi connectivity index (χ0v) is 37.1. The van der Waals surface area contributed by atoms with Gasteiger partial charge < -0.3 is 49.1 Å². The van der Waals surface area contributed by atoms with Crippen molar-refractivity contribution in [3.63, 3.8) is 0 Å². The molecule has 0 spiro atoms. The lowest BCUT2D eigenvalue weighted by molar-refractivity contribution is -0.346. The first-order valence-electron chi connectivity index (χ1n) is 21.6. The van der Waals surface area contributed by atoms with Crippen molar-refractivity contribution >= 4 is 35.8 Å². The molecule has 0 aromatic heterocycles. The van der Waals surface area contributed by atoms with Crippen LogP contribution < -0.4 is 5.32 Å². The zero-order valence-electron chi connectivity index (χ0n) is 37.1. The van der Waals surface area contributed by atoms with Crippen LogP contribution in [0.25, 0.3) is 0 Å². The number of ketones is 1. The Morgan fingerprint density at radius 3 is 2.11 bits per heavy atom. The third-order valence-electron chi connectivity index (χ3n) is 14.0. The summed E-state index contributed by atoms with van der Waals surface area (Å²) >= 11 is 0. The van der Waals surface area contributed by atoms with E-state index in [2.05, 4.69) is 5.32 Å². The van der Waals surface area contributed by atoms with Gasteiger partial charge in [0.25, 0.3) is 0 Å². The van der Waals surface area contributed by atoms with Gasteiger partial charge in [-0.1, -0.05) is 99.6 Å². The molecule has 16 heteroatoms. The lowest BCUT2D eigenvalue weighted by atomic mass is 9.44. The van der Waals surface area contributed by atoms with Crippen LogP contribution in [0, 0.1) is 16.7 Å². The Kier molecular flexibility index (Phi) is 13.1. The van der Waals surface area contributed by atoms with Crippen molar-refractivity contribution in [1.29, 1.82) is 0 Å². The summed E-state index contributed by atoms with van der Waals surface area (Å²) in [5.74, 6) is -7.07. The minimum absolute atomic E-state index is 0.0573. The topological polar surface area (TPSA) is 231 Å². The molecule has 3 fully saturated rings. The largest absolute Gasteiger partial charge is 0.455 e. The molecule has 1 amide bonds. The molecule has 4 aliphatic rings. The maximum absolute atomic E-state index is 15.1. The number of carbonyl (C=O) groups excluding carboxylic acids is 6. The molecule has 16 nitrogen and oxygen atoms in total. The predicted octanol–water partition coefficient (Wildman–Crippen LogP) is 4.27. The molecule has 65 heavy (non-hydrogen) atoms. The predicted molar refractivity (Wildman–Crippen MR) is 228 cm³/mol. The number of hydrogen-bond donors (Lipinski definition) is 4. The number of Topliss-reactive ketones (excluding diaryl/α,β-unsaturated/α-hetero) is 1. The molecule has 346 valence electrons. The Bertz CT molecular complexity index is 2340. The molecule has 2 bridgehead atoms. The van der Waals surface area contributed by atoms with Crippen LogP contribution in [0.3, 0.4) is 0 Å². The van der Waals surface area contributed by atoms with E-state index in [0.717, 1.165) is 6.92 Å². The highest BCUT2D eigenvalue weighted by Crippen LogP contribution is 2.64. The summed E-state index contributed by atoms with van der Waals surface area (Å²) in [5, 5.41) is 40.1. The molecule has 1 aliphatic heterocycles. The van der Waals surface area contributed by atoms with Crippen molar-refractivity contribution in [1.82, 2.24) is 5.32 Å². The summed E-state index contributed by atoms with van der Waals surface area (Å²) in [7, 11) is 0. The number of aliphatic hydroxyl groups excluding tert-OH is 2. The lowest BCUT2D eigenvalue weighted by Gasteiger charge is -2.67. The number of fused-ring (bicyclic) bond motifs is 5. The van der Waals surface area contributed by atoms with Gasteiger partial charge in [0.15, 0.2) is 11.4 Å². The number of carbonyl (C=O) groups is 6. The summed E-state index contributed by atoms with van der Waals surface area (Å²) in [4.78, 5) is 82.7. The van der Waals surface area contributed by atoms with Crippen LogP contribution in [0.2, 0.25) is 0 Å². The maximum Gasteiger partial charge on any atom is 0.407 e. The van der Waals surface area contributed by atoms with Crippen LogP contribution in [-0.4, -0.2) is 112 Å². The Morgan fingerprint density at radius 2 is 1.51 bits per heavy atom. The lowest BCUT2D eigenvalue weighted by Crippen LogP contribution is -2.81. The summed E-state index contributed by atoms with van der Waals surface area (Å²) in [6, 6.07) is 25.4. The smallest absolute Gasteiger partial charge is 0.407 e. The van der Waals surface area contributed by atoms with E-state index in [4.69, 9.17) is 28.4 Å². The molecular formula is C49H55NO15. The van der Waals surface area contributed by atoms with Gasteiger partial charge in [0.2, 0.25) is 6.10 Å². The minimum atomic E-state index is -2.36. The second kappa shape index (κ2) is 18.1. The van der Waals surface area contributed by atoms with Gasteiger partial charge in [-0.05, 0) is 48.3 Å². The van der Waals surface area contributed by atoms with Crippen LogP contribution in [0.1, 0.15) is 81.8 Å². The number of benzene rings is 3. The van der Waals surface area contributed by atoms with Gasteiger partial charge in [-0.3, -0.25) is 14.4 Å². The molecule has 3 aromatic rings. The average molecular weight is 898 g/mol. The number of amides is 1. The Balaban J connectivity index is 1.27. The zero-order chi connectivity index (χ0) is 47.1. The summed E-state index contributed by atoms with van der Waals surface area (Å²) < 4.78 is 35.4. The Labute approximate surface area is 376 Å². The molecule has 1 saturated heterocycles. The molecule has 4 N–H and O–H groups in total. The van der Waals surface area contributed by atoms with E-state index >= 15 is 4.79 Å². The van der Waals surface area contributed by atoms with E-state index in [1.54, 1.807) is 93.6 Å². The summed E-state index contributed by atoms with van der Waals surface area (Å²) in [6.45, 7) is 7.78. The fraction of sp³-hybridized carbons (Fsp3) is 0.469. The first kappa shape index (κ1) is 47.0. The quantitative estimate of drug-likeness (QED) is 0.113. The molecule has 1 heterocycles. The monoisotopic (exact) mass is 897 g/mol. The minimum Gasteiger partial charge on any atom is -0.455 e. The molecule has 2 saturated carbocycles. The van der Waals surface area contributed by atoms with Gasteiger partial charge in [-0.15, -0.1) is 0 Å². The van der Waals surface area contributed by atoms with Crippen LogP contribution >= 0.6 is 0 Å². The number of alkyl carbamates (subject to hydrolysis) is 1. The van der Waals surface area contributed by atoms with E-state index in [1.807, 2.05) is 6.07 Å². The maximum atomic E-state index is 15.1. The molecule has 3 aromatic carbocycles. The van der Waals surface area contributed by atoms with Crippen LogP contribution in [-0.2, 0) is 54.2 Å². The van der Waals surface area contributed by atoms with Gasteiger partial charge in [-0.25, -0.2) is 14.4 Å². The van der Waals surface area contributed by atoms with E-state index < -0.39 is 119 Å². The SMILES string of the molecule is CC(=O)O[C@@]12COC1C[C@H](O)[C@]1(C)C(=O)[C@@H](O)C3=C(C)C(OC(=O)C(OC(=O)CNC(=O)OCc4ccccc4)C(C)c4ccccc4)C[C@](O)([C@H](OC(=O)c4ccccc4)[C@H]12)C3(C)C. The number of aliphatic hydroxyl groups is 3. The number of rotatable bonds is 12. The third kappa shape index (κ3) is 8.44. The first-order valence-corrected chi connectivity index (χ1v) is 21.6. The van der Waals surface area contributed by atoms with Crippen LogP contribution in [0.4, 0.5) is 4.79 Å². The van der Waals surface area contributed by atoms with E-state index in [9.17, 15) is 39.3 Å². The highest BCUT2D eigenvalue weighted by molar-refractivity contribution is 5.94. The fourth-order valence-corrected chi connectivity index (χ4v) is 10.4. The van der Waals surface area contributed by atoms with Gasteiger partial charge in [0, 0.05) is 31.1 Å². The fourth-order valence-electron chi connectivity index (χ4n) is 10.4. The highest BCUT2D eigenvalue weighted by atomic mass is 16.6. The number of nitrogens with one attached hydrogen (secondary N) is 1. The van der Waals surface area contributed by atoms with Crippen molar-refractivity contribution in [2.24, 2.45) is 16.7 Å².